The summed E-state index contributed by atoms with van der Waals surface area (Å²) in [6.07, 6.45) is 5.30. The van der Waals surface area contributed by atoms with E-state index in [9.17, 15) is 4.79 Å². The molecule has 0 aliphatic heterocycles. The van der Waals surface area contributed by atoms with E-state index in [2.05, 4.69) is 0 Å². The fourth-order valence-electron chi connectivity index (χ4n) is 1.55. The van der Waals surface area contributed by atoms with Crippen LogP contribution >= 0.6 is 0 Å². The molecular formula is C12H12O3. The van der Waals surface area contributed by atoms with Crippen LogP contribution in [0.2, 0.25) is 0 Å². The Bertz CT molecular complexity index is 477. The smallest absolute Gasteiger partial charge is 0.200 e. The molecule has 0 saturated heterocycles. The van der Waals surface area contributed by atoms with Crippen molar-refractivity contribution in [3.8, 4) is 0 Å². The predicted molar refractivity (Wildman–Crippen MR) is 55.0 cm³/mol. The number of furan rings is 2. The van der Waals surface area contributed by atoms with Gasteiger partial charge in [0.15, 0.2) is 5.78 Å². The Labute approximate surface area is 87.7 Å². The van der Waals surface area contributed by atoms with Gasteiger partial charge in [0.25, 0.3) is 0 Å². The average molecular weight is 204 g/mol. The molecule has 3 heteroatoms. The molecule has 0 unspecified atom stereocenters. The first kappa shape index (κ1) is 9.77. The number of hydrogen-bond acceptors (Lipinski definition) is 3. The highest BCUT2D eigenvalue weighted by molar-refractivity contribution is 6.10. The lowest BCUT2D eigenvalue weighted by atomic mass is 10.0. The fourth-order valence-corrected chi connectivity index (χ4v) is 1.55. The van der Waals surface area contributed by atoms with Gasteiger partial charge in [-0.25, -0.2) is 0 Å². The predicted octanol–water partition coefficient (Wildman–Crippen LogP) is 2.97. The Morgan fingerprint density at radius 3 is 2.73 bits per heavy atom. The third-order valence-electron chi connectivity index (χ3n) is 2.41. The van der Waals surface area contributed by atoms with Gasteiger partial charge in [0.05, 0.1) is 23.7 Å². The summed E-state index contributed by atoms with van der Waals surface area (Å²) in [6, 6.07) is 1.70. The van der Waals surface area contributed by atoms with Crippen LogP contribution in [-0.2, 0) is 6.42 Å². The first-order valence-corrected chi connectivity index (χ1v) is 4.88. The van der Waals surface area contributed by atoms with Crippen molar-refractivity contribution in [1.29, 1.82) is 0 Å². The Kier molecular flexibility index (Phi) is 2.46. The third-order valence-corrected chi connectivity index (χ3v) is 2.41. The van der Waals surface area contributed by atoms with Crippen LogP contribution in [0.5, 0.6) is 0 Å². The van der Waals surface area contributed by atoms with E-state index in [4.69, 9.17) is 8.83 Å². The molecule has 2 aromatic rings. The fraction of sp³-hybridized carbons (Fsp3) is 0.250. The average Bonchev–Trinajstić information content (AvgIpc) is 2.84. The summed E-state index contributed by atoms with van der Waals surface area (Å²) < 4.78 is 10.2. The third kappa shape index (κ3) is 1.61. The normalized spacial score (nSPS) is 10.5. The van der Waals surface area contributed by atoms with Crippen LogP contribution in [0, 0.1) is 6.92 Å². The highest BCUT2D eigenvalue weighted by atomic mass is 16.3. The van der Waals surface area contributed by atoms with Gasteiger partial charge < -0.3 is 8.83 Å². The van der Waals surface area contributed by atoms with Gasteiger partial charge in [-0.05, 0) is 18.6 Å². The standard InChI is InChI=1S/C12H12O3/c1-3-11-9(4-5-15-11)12(13)10-7-14-6-8(10)2/h4-7H,3H2,1-2H3. The summed E-state index contributed by atoms with van der Waals surface area (Å²) >= 11 is 0. The van der Waals surface area contributed by atoms with Crippen LogP contribution in [0.25, 0.3) is 0 Å². The van der Waals surface area contributed by atoms with E-state index in [1.54, 1.807) is 18.6 Å². The maximum Gasteiger partial charge on any atom is 0.200 e. The molecule has 0 fully saturated rings. The molecule has 2 aromatic heterocycles. The van der Waals surface area contributed by atoms with Crippen LogP contribution in [0.1, 0.15) is 34.2 Å². The maximum atomic E-state index is 12.0. The number of rotatable bonds is 3. The molecule has 0 saturated carbocycles. The van der Waals surface area contributed by atoms with Gasteiger partial charge in [-0.1, -0.05) is 6.92 Å². The highest BCUT2D eigenvalue weighted by Crippen LogP contribution is 2.19. The topological polar surface area (TPSA) is 43.4 Å². The van der Waals surface area contributed by atoms with E-state index in [-0.39, 0.29) is 5.78 Å². The summed E-state index contributed by atoms with van der Waals surface area (Å²) in [7, 11) is 0. The van der Waals surface area contributed by atoms with Gasteiger partial charge in [0.1, 0.15) is 12.0 Å². The molecule has 0 spiro atoms. The molecule has 0 aliphatic carbocycles. The number of aryl methyl sites for hydroxylation is 2. The largest absolute Gasteiger partial charge is 0.472 e. The molecule has 78 valence electrons. The van der Waals surface area contributed by atoms with E-state index < -0.39 is 0 Å². The lowest BCUT2D eigenvalue weighted by Gasteiger charge is -1.98. The lowest BCUT2D eigenvalue weighted by Crippen LogP contribution is -2.02. The first-order valence-electron chi connectivity index (χ1n) is 4.88. The second kappa shape index (κ2) is 3.77. The second-order valence-corrected chi connectivity index (χ2v) is 3.41. The van der Waals surface area contributed by atoms with Crippen LogP contribution < -0.4 is 0 Å². The van der Waals surface area contributed by atoms with Crippen molar-refractivity contribution in [2.24, 2.45) is 0 Å². The number of ketones is 1. The molecule has 0 radical (unpaired) electrons. The van der Waals surface area contributed by atoms with Crippen molar-refractivity contribution in [2.45, 2.75) is 20.3 Å². The van der Waals surface area contributed by atoms with Crippen LogP contribution in [0.15, 0.2) is 33.7 Å². The summed E-state index contributed by atoms with van der Waals surface area (Å²) in [5.41, 5.74) is 2.08. The zero-order valence-electron chi connectivity index (χ0n) is 8.74. The molecule has 2 heterocycles. The molecule has 2 rings (SSSR count). The molecule has 0 N–H and O–H groups in total. The summed E-state index contributed by atoms with van der Waals surface area (Å²) in [4.78, 5) is 12.0. The Balaban J connectivity index is 2.41. The van der Waals surface area contributed by atoms with E-state index in [1.807, 2.05) is 13.8 Å². The number of carbonyl (C=O) groups excluding carboxylic acids is 1. The van der Waals surface area contributed by atoms with Crippen molar-refractivity contribution in [2.75, 3.05) is 0 Å². The van der Waals surface area contributed by atoms with Gasteiger partial charge in [0, 0.05) is 6.42 Å². The van der Waals surface area contributed by atoms with Gasteiger partial charge in [-0.2, -0.15) is 0 Å². The molecule has 0 aliphatic rings. The van der Waals surface area contributed by atoms with Gasteiger partial charge in [-0.15, -0.1) is 0 Å². The summed E-state index contributed by atoms with van der Waals surface area (Å²) in [5.74, 6) is 0.687. The van der Waals surface area contributed by atoms with Crippen molar-refractivity contribution in [3.05, 3.63) is 47.3 Å². The molecule has 0 aromatic carbocycles. The minimum Gasteiger partial charge on any atom is -0.472 e. The molecular weight excluding hydrogens is 192 g/mol. The van der Waals surface area contributed by atoms with Crippen LogP contribution in [0.3, 0.4) is 0 Å². The van der Waals surface area contributed by atoms with Crippen molar-refractivity contribution < 1.29 is 13.6 Å². The van der Waals surface area contributed by atoms with E-state index in [1.165, 1.54) is 6.26 Å². The zero-order valence-corrected chi connectivity index (χ0v) is 8.74. The molecule has 0 atom stereocenters. The monoisotopic (exact) mass is 204 g/mol. The molecule has 0 amide bonds. The van der Waals surface area contributed by atoms with E-state index in [0.717, 1.165) is 11.3 Å². The van der Waals surface area contributed by atoms with Crippen LogP contribution in [-0.4, -0.2) is 5.78 Å². The van der Waals surface area contributed by atoms with Crippen molar-refractivity contribution >= 4 is 5.78 Å². The quantitative estimate of drug-likeness (QED) is 0.722. The lowest BCUT2D eigenvalue weighted by molar-refractivity contribution is 0.103. The highest BCUT2D eigenvalue weighted by Gasteiger charge is 2.18. The zero-order chi connectivity index (χ0) is 10.8. The minimum absolute atomic E-state index is 0.0353. The van der Waals surface area contributed by atoms with Gasteiger partial charge >= 0.3 is 0 Å². The number of hydrogen-bond donors (Lipinski definition) is 0. The second-order valence-electron chi connectivity index (χ2n) is 3.41. The number of carbonyl (C=O) groups is 1. The Morgan fingerprint density at radius 2 is 2.13 bits per heavy atom. The SMILES string of the molecule is CCc1occc1C(=O)c1cocc1C. The van der Waals surface area contributed by atoms with Gasteiger partial charge in [0.2, 0.25) is 0 Å². The van der Waals surface area contributed by atoms with Gasteiger partial charge in [-0.3, -0.25) is 4.79 Å². The Morgan fingerprint density at radius 1 is 1.33 bits per heavy atom. The minimum atomic E-state index is -0.0353. The molecule has 0 bridgehead atoms. The van der Waals surface area contributed by atoms with E-state index >= 15 is 0 Å². The van der Waals surface area contributed by atoms with Crippen molar-refractivity contribution in [1.82, 2.24) is 0 Å². The van der Waals surface area contributed by atoms with Crippen molar-refractivity contribution in [3.63, 3.8) is 0 Å². The first-order chi connectivity index (χ1) is 7.24. The van der Waals surface area contributed by atoms with E-state index in [0.29, 0.717) is 17.5 Å². The van der Waals surface area contributed by atoms with Crippen LogP contribution in [0.4, 0.5) is 0 Å². The summed E-state index contributed by atoms with van der Waals surface area (Å²) in [6.45, 7) is 3.81. The maximum absolute atomic E-state index is 12.0. The summed E-state index contributed by atoms with van der Waals surface area (Å²) in [5, 5.41) is 0. The Hall–Kier alpha value is -1.77. The molecule has 15 heavy (non-hydrogen) atoms. The molecule has 3 nitrogen and oxygen atoms in total.